The van der Waals surface area contributed by atoms with E-state index < -0.39 is 12.0 Å². The first kappa shape index (κ1) is 17.2. The molecule has 1 aliphatic heterocycles. The van der Waals surface area contributed by atoms with Crippen LogP contribution in [0.25, 0.3) is 0 Å². The number of rotatable bonds is 5. The summed E-state index contributed by atoms with van der Waals surface area (Å²) in [5, 5.41) is 2.76. The van der Waals surface area contributed by atoms with E-state index in [1.807, 2.05) is 13.8 Å². The van der Waals surface area contributed by atoms with E-state index >= 15 is 0 Å². The lowest BCUT2D eigenvalue weighted by Crippen LogP contribution is -2.49. The zero-order valence-electron chi connectivity index (χ0n) is 12.9. The lowest BCUT2D eigenvalue weighted by Gasteiger charge is -2.31. The predicted molar refractivity (Wildman–Crippen MR) is 78.3 cm³/mol. The molecule has 0 aliphatic carbocycles. The highest BCUT2D eigenvalue weighted by Gasteiger charge is 2.31. The molecule has 0 aromatic rings. The van der Waals surface area contributed by atoms with Crippen LogP contribution in [0.15, 0.2) is 12.7 Å². The van der Waals surface area contributed by atoms with E-state index in [9.17, 15) is 14.4 Å². The van der Waals surface area contributed by atoms with Gasteiger partial charge in [-0.3, -0.25) is 9.59 Å². The van der Waals surface area contributed by atoms with Crippen molar-refractivity contribution < 1.29 is 19.1 Å². The van der Waals surface area contributed by atoms with Crippen LogP contribution in [0, 0.1) is 11.8 Å². The molecule has 0 spiro atoms. The SMILES string of the molecule is C=CC(=O)N1CCC(C(=O)N[C@H](C(=O)OC)C(C)C)CC1. The van der Waals surface area contributed by atoms with Crippen LogP contribution in [0.5, 0.6) is 0 Å². The van der Waals surface area contributed by atoms with Crippen LogP contribution in [0.2, 0.25) is 0 Å². The molecular weight excluding hydrogens is 272 g/mol. The fourth-order valence-corrected chi connectivity index (χ4v) is 2.39. The Kier molecular flexibility index (Phi) is 6.39. The first-order valence-electron chi connectivity index (χ1n) is 7.20. The van der Waals surface area contributed by atoms with E-state index in [-0.39, 0.29) is 23.7 Å². The standard InChI is InChI=1S/C15H24N2O4/c1-5-12(18)17-8-6-11(7-9-17)14(19)16-13(10(2)3)15(20)21-4/h5,10-11,13H,1,6-9H2,2-4H3,(H,16,19)/t13-/m0/s1. The minimum absolute atomic E-state index is 0.0381. The van der Waals surface area contributed by atoms with Crippen LogP contribution in [-0.2, 0) is 19.1 Å². The van der Waals surface area contributed by atoms with Crippen LogP contribution >= 0.6 is 0 Å². The summed E-state index contributed by atoms with van der Waals surface area (Å²) in [4.78, 5) is 37.1. The normalized spacial score (nSPS) is 17.2. The lowest BCUT2D eigenvalue weighted by atomic mass is 9.94. The van der Waals surface area contributed by atoms with E-state index in [0.29, 0.717) is 25.9 Å². The molecule has 6 nitrogen and oxygen atoms in total. The first-order chi connectivity index (χ1) is 9.90. The van der Waals surface area contributed by atoms with Crippen molar-refractivity contribution in [3.8, 4) is 0 Å². The average molecular weight is 296 g/mol. The highest BCUT2D eigenvalue weighted by Crippen LogP contribution is 2.18. The number of amides is 2. The lowest BCUT2D eigenvalue weighted by molar-refractivity contribution is -0.147. The number of nitrogens with one attached hydrogen (secondary N) is 1. The number of methoxy groups -OCH3 is 1. The van der Waals surface area contributed by atoms with Gasteiger partial charge in [0.2, 0.25) is 11.8 Å². The Morgan fingerprint density at radius 1 is 1.29 bits per heavy atom. The smallest absolute Gasteiger partial charge is 0.328 e. The van der Waals surface area contributed by atoms with Crippen molar-refractivity contribution >= 4 is 17.8 Å². The molecule has 0 aromatic heterocycles. The number of piperidine rings is 1. The molecule has 1 aliphatic rings. The number of nitrogens with zero attached hydrogens (tertiary/aromatic N) is 1. The molecule has 0 saturated carbocycles. The van der Waals surface area contributed by atoms with Crippen LogP contribution in [0.1, 0.15) is 26.7 Å². The first-order valence-corrected chi connectivity index (χ1v) is 7.20. The van der Waals surface area contributed by atoms with Crippen molar-refractivity contribution in [3.05, 3.63) is 12.7 Å². The summed E-state index contributed by atoms with van der Waals surface area (Å²) in [6, 6.07) is -0.629. The van der Waals surface area contributed by atoms with Crippen LogP contribution in [0.3, 0.4) is 0 Å². The van der Waals surface area contributed by atoms with E-state index in [0.717, 1.165) is 0 Å². The molecule has 2 amide bonds. The second kappa shape index (κ2) is 7.81. The minimum atomic E-state index is -0.629. The number of hydrogen-bond acceptors (Lipinski definition) is 4. The Labute approximate surface area is 125 Å². The van der Waals surface area contributed by atoms with Gasteiger partial charge in [-0.25, -0.2) is 4.79 Å². The summed E-state index contributed by atoms with van der Waals surface area (Å²) in [5.41, 5.74) is 0. The molecule has 1 heterocycles. The minimum Gasteiger partial charge on any atom is -0.467 e. The van der Waals surface area contributed by atoms with Crippen molar-refractivity contribution in [2.75, 3.05) is 20.2 Å². The van der Waals surface area contributed by atoms with Crippen molar-refractivity contribution in [1.29, 1.82) is 0 Å². The molecule has 118 valence electrons. The molecule has 0 bridgehead atoms. The van der Waals surface area contributed by atoms with Gasteiger partial charge >= 0.3 is 5.97 Å². The van der Waals surface area contributed by atoms with Crippen molar-refractivity contribution in [2.24, 2.45) is 11.8 Å². The summed E-state index contributed by atoms with van der Waals surface area (Å²) < 4.78 is 4.71. The monoisotopic (exact) mass is 296 g/mol. The predicted octanol–water partition coefficient (Wildman–Crippen LogP) is 0.725. The number of likely N-dealkylation sites (tertiary alicyclic amines) is 1. The van der Waals surface area contributed by atoms with E-state index in [2.05, 4.69) is 11.9 Å². The van der Waals surface area contributed by atoms with Gasteiger partial charge in [0, 0.05) is 19.0 Å². The van der Waals surface area contributed by atoms with Gasteiger partial charge in [0.05, 0.1) is 7.11 Å². The second-order valence-corrected chi connectivity index (χ2v) is 5.56. The van der Waals surface area contributed by atoms with Crippen molar-refractivity contribution in [2.45, 2.75) is 32.7 Å². The Hall–Kier alpha value is -1.85. The Balaban J connectivity index is 2.55. The van der Waals surface area contributed by atoms with Gasteiger partial charge in [0.25, 0.3) is 0 Å². The molecule has 6 heteroatoms. The average Bonchev–Trinajstić information content (AvgIpc) is 2.50. The van der Waals surface area contributed by atoms with Gasteiger partial charge in [-0.05, 0) is 24.8 Å². The summed E-state index contributed by atoms with van der Waals surface area (Å²) in [6.07, 6.45) is 2.47. The molecule has 1 N–H and O–H groups in total. The zero-order valence-corrected chi connectivity index (χ0v) is 12.9. The highest BCUT2D eigenvalue weighted by molar-refractivity contribution is 5.88. The van der Waals surface area contributed by atoms with Crippen molar-refractivity contribution in [1.82, 2.24) is 10.2 Å². The van der Waals surface area contributed by atoms with Gasteiger partial charge in [0.1, 0.15) is 6.04 Å². The zero-order chi connectivity index (χ0) is 16.0. The molecule has 0 unspecified atom stereocenters. The maximum atomic E-state index is 12.2. The van der Waals surface area contributed by atoms with Gasteiger partial charge in [-0.2, -0.15) is 0 Å². The number of esters is 1. The molecular formula is C15H24N2O4. The quantitative estimate of drug-likeness (QED) is 0.599. The molecule has 1 saturated heterocycles. The summed E-state index contributed by atoms with van der Waals surface area (Å²) in [7, 11) is 1.31. The maximum Gasteiger partial charge on any atom is 0.328 e. The molecule has 0 aromatic carbocycles. The Morgan fingerprint density at radius 3 is 2.29 bits per heavy atom. The van der Waals surface area contributed by atoms with Gasteiger partial charge in [-0.1, -0.05) is 20.4 Å². The molecule has 0 radical (unpaired) electrons. The number of ether oxygens (including phenoxy) is 1. The third-order valence-corrected chi connectivity index (χ3v) is 3.77. The van der Waals surface area contributed by atoms with Crippen LogP contribution in [-0.4, -0.2) is 48.9 Å². The van der Waals surface area contributed by atoms with Gasteiger partial charge in [0.15, 0.2) is 0 Å². The Morgan fingerprint density at radius 2 is 1.86 bits per heavy atom. The molecule has 1 rings (SSSR count). The summed E-state index contributed by atoms with van der Waals surface area (Å²) >= 11 is 0. The second-order valence-electron chi connectivity index (χ2n) is 5.56. The fourth-order valence-electron chi connectivity index (χ4n) is 2.39. The topological polar surface area (TPSA) is 75.7 Å². The summed E-state index contributed by atoms with van der Waals surface area (Å²) in [6.45, 7) is 8.23. The van der Waals surface area contributed by atoms with E-state index in [1.165, 1.54) is 13.2 Å². The van der Waals surface area contributed by atoms with E-state index in [4.69, 9.17) is 4.74 Å². The third-order valence-electron chi connectivity index (χ3n) is 3.77. The Bertz CT molecular complexity index is 412. The van der Waals surface area contributed by atoms with Crippen LogP contribution < -0.4 is 5.32 Å². The number of carbonyl (C=O) groups is 3. The highest BCUT2D eigenvalue weighted by atomic mass is 16.5. The summed E-state index contributed by atoms with van der Waals surface area (Å²) in [5.74, 6) is -0.903. The maximum absolute atomic E-state index is 12.2. The number of hydrogen-bond donors (Lipinski definition) is 1. The van der Waals surface area contributed by atoms with Gasteiger partial charge < -0.3 is 15.0 Å². The fraction of sp³-hybridized carbons (Fsp3) is 0.667. The van der Waals surface area contributed by atoms with Crippen molar-refractivity contribution in [3.63, 3.8) is 0 Å². The number of carbonyl (C=O) groups excluding carboxylic acids is 3. The molecule has 1 atom stereocenters. The van der Waals surface area contributed by atoms with Gasteiger partial charge in [-0.15, -0.1) is 0 Å². The largest absolute Gasteiger partial charge is 0.467 e. The molecule has 1 fully saturated rings. The van der Waals surface area contributed by atoms with Crippen LogP contribution in [0.4, 0.5) is 0 Å². The van der Waals surface area contributed by atoms with E-state index in [1.54, 1.807) is 4.90 Å². The third kappa shape index (κ3) is 4.58. The molecule has 21 heavy (non-hydrogen) atoms.